The number of likely N-dealkylation sites (tertiary alicyclic amines) is 1. The molecule has 0 unspecified atom stereocenters. The lowest BCUT2D eigenvalue weighted by atomic mass is 10.1. The number of fused-ring (bicyclic) bond motifs is 1. The fourth-order valence-electron chi connectivity index (χ4n) is 3.54. The molecule has 9 heteroatoms. The topological polar surface area (TPSA) is 113 Å². The molecule has 3 aromatic rings. The summed E-state index contributed by atoms with van der Waals surface area (Å²) < 4.78 is 1.23. The molecule has 31 heavy (non-hydrogen) atoms. The van der Waals surface area contributed by atoms with Crippen LogP contribution in [0.1, 0.15) is 28.9 Å². The maximum absolute atomic E-state index is 12.9. The predicted molar refractivity (Wildman–Crippen MR) is 113 cm³/mol. The van der Waals surface area contributed by atoms with Crippen molar-refractivity contribution in [3.63, 3.8) is 0 Å². The Morgan fingerprint density at radius 3 is 2.35 bits per heavy atom. The van der Waals surface area contributed by atoms with Crippen LogP contribution in [0.5, 0.6) is 0 Å². The number of hydrogen-bond acceptors (Lipinski definition) is 5. The van der Waals surface area contributed by atoms with Gasteiger partial charge in [0.15, 0.2) is 5.69 Å². The first kappa shape index (κ1) is 20.3. The van der Waals surface area contributed by atoms with E-state index in [1.54, 1.807) is 24.3 Å². The summed E-state index contributed by atoms with van der Waals surface area (Å²) in [7, 11) is 0. The number of rotatable bonds is 5. The molecule has 0 aliphatic carbocycles. The Balaban J connectivity index is 1.56. The summed E-state index contributed by atoms with van der Waals surface area (Å²) >= 11 is 0. The molecule has 1 aromatic heterocycles. The van der Waals surface area contributed by atoms with Gasteiger partial charge in [0.25, 0.3) is 17.4 Å². The van der Waals surface area contributed by atoms with Gasteiger partial charge < -0.3 is 4.90 Å². The van der Waals surface area contributed by atoms with E-state index in [-0.39, 0.29) is 30.2 Å². The van der Waals surface area contributed by atoms with Crippen molar-refractivity contribution in [2.75, 3.05) is 13.1 Å². The minimum Gasteiger partial charge on any atom is -0.333 e. The number of hydrazine groups is 1. The first-order valence-electron chi connectivity index (χ1n) is 9.93. The van der Waals surface area contributed by atoms with Gasteiger partial charge in [-0.05, 0) is 18.1 Å². The molecule has 0 bridgehead atoms. The highest BCUT2D eigenvalue weighted by atomic mass is 16.2. The summed E-state index contributed by atoms with van der Waals surface area (Å²) in [6.45, 7) is 0.603. The minimum atomic E-state index is -0.654. The number of carbonyl (C=O) groups is 3. The summed E-state index contributed by atoms with van der Waals surface area (Å²) in [6.07, 6.45) is 1.15. The van der Waals surface area contributed by atoms with Gasteiger partial charge >= 0.3 is 0 Å². The summed E-state index contributed by atoms with van der Waals surface area (Å²) in [5.41, 5.74) is 5.22. The van der Waals surface area contributed by atoms with Crippen molar-refractivity contribution in [2.24, 2.45) is 0 Å². The van der Waals surface area contributed by atoms with Crippen molar-refractivity contribution in [3.05, 3.63) is 76.2 Å². The van der Waals surface area contributed by atoms with E-state index in [1.807, 2.05) is 30.3 Å². The summed E-state index contributed by atoms with van der Waals surface area (Å²) in [6, 6.07) is 16.0. The van der Waals surface area contributed by atoms with Crippen molar-refractivity contribution >= 4 is 28.5 Å². The van der Waals surface area contributed by atoms with Gasteiger partial charge in [0.05, 0.1) is 11.9 Å². The van der Waals surface area contributed by atoms with Crippen molar-refractivity contribution in [1.29, 1.82) is 0 Å². The number of nitrogens with zero attached hydrogens (tertiary/aromatic N) is 3. The van der Waals surface area contributed by atoms with Crippen LogP contribution in [0.2, 0.25) is 0 Å². The fraction of sp³-hybridized carbons (Fsp3) is 0.227. The van der Waals surface area contributed by atoms with Gasteiger partial charge in [-0.3, -0.25) is 30.0 Å². The molecule has 4 rings (SSSR count). The van der Waals surface area contributed by atoms with E-state index in [4.69, 9.17) is 0 Å². The zero-order valence-electron chi connectivity index (χ0n) is 16.7. The molecular formula is C22H21N5O4. The molecule has 2 aromatic carbocycles. The van der Waals surface area contributed by atoms with Crippen LogP contribution >= 0.6 is 0 Å². The van der Waals surface area contributed by atoms with E-state index in [0.717, 1.165) is 12.0 Å². The first-order valence-corrected chi connectivity index (χ1v) is 9.93. The Morgan fingerprint density at radius 2 is 1.65 bits per heavy atom. The molecule has 1 aliphatic heterocycles. The zero-order valence-corrected chi connectivity index (χ0v) is 16.7. The van der Waals surface area contributed by atoms with Gasteiger partial charge in [-0.15, -0.1) is 0 Å². The Kier molecular flexibility index (Phi) is 5.74. The number of amides is 3. The van der Waals surface area contributed by atoms with Crippen LogP contribution in [0, 0.1) is 0 Å². The second kappa shape index (κ2) is 8.78. The Morgan fingerprint density at radius 1 is 0.935 bits per heavy atom. The zero-order chi connectivity index (χ0) is 21.8. The lowest BCUT2D eigenvalue weighted by Gasteiger charge is -2.15. The highest BCUT2D eigenvalue weighted by molar-refractivity contribution is 6.05. The summed E-state index contributed by atoms with van der Waals surface area (Å²) in [5.74, 6) is -1.24. The van der Waals surface area contributed by atoms with E-state index >= 15 is 0 Å². The lowest BCUT2D eigenvalue weighted by molar-refractivity contribution is -0.133. The SMILES string of the molecule is O=C(CN1CCCC1=O)NNC(=O)c1nn(Cc2ccccc2)c(=O)c2ccccc12. The normalized spacial score (nSPS) is 13.4. The molecule has 0 spiro atoms. The second-order valence-corrected chi connectivity index (χ2v) is 7.26. The number of benzene rings is 2. The maximum atomic E-state index is 12.9. The lowest BCUT2D eigenvalue weighted by Crippen LogP contribution is -2.47. The van der Waals surface area contributed by atoms with Crippen LogP contribution in [0.4, 0.5) is 0 Å². The highest BCUT2D eigenvalue weighted by Gasteiger charge is 2.23. The van der Waals surface area contributed by atoms with E-state index in [9.17, 15) is 19.2 Å². The molecule has 2 N–H and O–H groups in total. The van der Waals surface area contributed by atoms with Crippen molar-refractivity contribution < 1.29 is 14.4 Å². The van der Waals surface area contributed by atoms with Crippen LogP contribution in [0.25, 0.3) is 10.8 Å². The summed E-state index contributed by atoms with van der Waals surface area (Å²) in [5, 5.41) is 5.01. The van der Waals surface area contributed by atoms with Gasteiger partial charge in [-0.25, -0.2) is 4.68 Å². The third kappa shape index (κ3) is 4.45. The van der Waals surface area contributed by atoms with Crippen LogP contribution in [0.3, 0.4) is 0 Å². The van der Waals surface area contributed by atoms with E-state index < -0.39 is 11.8 Å². The minimum absolute atomic E-state index is 0.0173. The van der Waals surface area contributed by atoms with Crippen LogP contribution in [0.15, 0.2) is 59.4 Å². The van der Waals surface area contributed by atoms with Gasteiger partial charge in [0.2, 0.25) is 5.91 Å². The molecule has 0 atom stereocenters. The van der Waals surface area contributed by atoms with Gasteiger partial charge in [-0.1, -0.05) is 48.5 Å². The van der Waals surface area contributed by atoms with Crippen molar-refractivity contribution in [1.82, 2.24) is 25.5 Å². The third-order valence-corrected chi connectivity index (χ3v) is 5.08. The quantitative estimate of drug-likeness (QED) is 0.595. The average molecular weight is 419 g/mol. The molecule has 9 nitrogen and oxygen atoms in total. The number of hydrogen-bond donors (Lipinski definition) is 2. The second-order valence-electron chi connectivity index (χ2n) is 7.26. The van der Waals surface area contributed by atoms with Gasteiger partial charge in [0, 0.05) is 18.4 Å². The largest absolute Gasteiger partial charge is 0.333 e. The number of carbonyl (C=O) groups excluding carboxylic acids is 3. The van der Waals surface area contributed by atoms with Crippen molar-refractivity contribution in [3.8, 4) is 0 Å². The van der Waals surface area contributed by atoms with Crippen LogP contribution in [-0.2, 0) is 16.1 Å². The highest BCUT2D eigenvalue weighted by Crippen LogP contribution is 2.14. The molecule has 1 saturated heterocycles. The van der Waals surface area contributed by atoms with Gasteiger partial charge in [0.1, 0.15) is 6.54 Å². The molecule has 158 valence electrons. The van der Waals surface area contributed by atoms with Crippen molar-refractivity contribution in [2.45, 2.75) is 19.4 Å². The monoisotopic (exact) mass is 419 g/mol. The molecule has 1 aliphatic rings. The number of nitrogens with one attached hydrogen (secondary N) is 2. The predicted octanol–water partition coefficient (Wildman–Crippen LogP) is 0.828. The molecule has 0 radical (unpaired) electrons. The Bertz CT molecular complexity index is 1210. The Hall–Kier alpha value is -4.01. The maximum Gasteiger partial charge on any atom is 0.290 e. The average Bonchev–Trinajstić information content (AvgIpc) is 3.19. The summed E-state index contributed by atoms with van der Waals surface area (Å²) in [4.78, 5) is 50.9. The fourth-order valence-corrected chi connectivity index (χ4v) is 3.54. The van der Waals surface area contributed by atoms with Gasteiger partial charge in [-0.2, -0.15) is 5.10 Å². The van der Waals surface area contributed by atoms with E-state index in [0.29, 0.717) is 23.7 Å². The van der Waals surface area contributed by atoms with Crippen LogP contribution < -0.4 is 16.4 Å². The standard InChI is InChI=1S/C22H21N5O4/c28-18(14-26-12-6-11-19(26)29)23-24-21(30)20-16-9-4-5-10-17(16)22(31)27(25-20)13-15-7-2-1-3-8-15/h1-5,7-10H,6,11-14H2,(H,23,28)(H,24,30). The Labute approximate surface area is 177 Å². The third-order valence-electron chi connectivity index (χ3n) is 5.08. The molecule has 2 heterocycles. The molecule has 3 amide bonds. The smallest absolute Gasteiger partial charge is 0.290 e. The number of aromatic nitrogens is 2. The molecule has 1 fully saturated rings. The first-order chi connectivity index (χ1) is 15.0. The molecule has 0 saturated carbocycles. The van der Waals surface area contributed by atoms with Crippen LogP contribution in [-0.4, -0.2) is 45.5 Å². The molecular weight excluding hydrogens is 398 g/mol. The van der Waals surface area contributed by atoms with E-state index in [1.165, 1.54) is 9.58 Å². The van der Waals surface area contributed by atoms with E-state index in [2.05, 4.69) is 16.0 Å².